The molecule has 1 amide bonds. The third-order valence-corrected chi connectivity index (χ3v) is 11.1. The largest absolute Gasteiger partial charge is 0.491 e. The predicted octanol–water partition coefficient (Wildman–Crippen LogP) is 8.62. The number of aryl methyl sites for hydroxylation is 1. The highest BCUT2D eigenvalue weighted by molar-refractivity contribution is 7.84. The fraction of sp³-hybridized carbons (Fsp3) is 0.395. The standard InChI is InChI=1S/C43H51N3O5S/c1-3-5-23-49-25-26-51-39-15-10-33(11-16-39)34-12-19-42-36(27-34)28-35(8-6-22-46(42)30-40-9-7-24-50-40)43(47)45-38-13-17-41(18-14-38)52(48)31-37-29-44-21-20-32(37)4-2/h10-21,27-29,40H,3-9,22-26,30-31H2,1-2H3,(H,45,47)/b35-28+. The Morgan fingerprint density at radius 3 is 2.56 bits per heavy atom. The van der Waals surface area contributed by atoms with Crippen LogP contribution in [0.4, 0.5) is 11.4 Å². The second-order valence-electron chi connectivity index (χ2n) is 13.4. The number of nitrogens with zero attached hydrogens (tertiary/aromatic N) is 2. The highest BCUT2D eigenvalue weighted by Crippen LogP contribution is 2.34. The molecule has 52 heavy (non-hydrogen) atoms. The quantitative estimate of drug-likeness (QED) is 0.116. The molecule has 4 aromatic rings. The number of anilines is 2. The van der Waals surface area contributed by atoms with Gasteiger partial charge in [-0.05, 0) is 127 Å². The molecule has 274 valence electrons. The van der Waals surface area contributed by atoms with Gasteiger partial charge in [-0.25, -0.2) is 0 Å². The van der Waals surface area contributed by atoms with Crippen LogP contribution >= 0.6 is 0 Å². The molecule has 1 saturated heterocycles. The molecule has 6 rings (SSSR count). The van der Waals surface area contributed by atoms with E-state index in [9.17, 15) is 9.00 Å². The van der Waals surface area contributed by atoms with Crippen LogP contribution in [0.25, 0.3) is 17.2 Å². The first kappa shape index (κ1) is 37.4. The minimum atomic E-state index is -1.22. The summed E-state index contributed by atoms with van der Waals surface area (Å²) in [7, 11) is -1.22. The maximum Gasteiger partial charge on any atom is 0.251 e. The number of fused-ring (bicyclic) bond motifs is 1. The average molecular weight is 722 g/mol. The molecule has 9 heteroatoms. The van der Waals surface area contributed by atoms with Crippen LogP contribution in [0.15, 0.2) is 95.7 Å². The van der Waals surface area contributed by atoms with E-state index in [0.29, 0.717) is 31.1 Å². The molecule has 2 aliphatic rings. The van der Waals surface area contributed by atoms with Crippen molar-refractivity contribution in [2.24, 2.45) is 0 Å². The lowest BCUT2D eigenvalue weighted by molar-refractivity contribution is -0.112. The number of nitrogens with one attached hydrogen (secondary N) is 1. The first-order chi connectivity index (χ1) is 25.5. The zero-order valence-electron chi connectivity index (χ0n) is 30.5. The molecule has 1 fully saturated rings. The van der Waals surface area contributed by atoms with Gasteiger partial charge >= 0.3 is 0 Å². The Hall–Kier alpha value is -4.31. The van der Waals surface area contributed by atoms with Gasteiger partial charge in [0.25, 0.3) is 5.91 Å². The molecule has 0 radical (unpaired) electrons. The monoisotopic (exact) mass is 721 g/mol. The third kappa shape index (κ3) is 10.2. The molecule has 2 aliphatic heterocycles. The summed E-state index contributed by atoms with van der Waals surface area (Å²) in [5, 5.41) is 3.11. The van der Waals surface area contributed by atoms with Crippen LogP contribution in [0.2, 0.25) is 0 Å². The van der Waals surface area contributed by atoms with E-state index in [-0.39, 0.29) is 12.0 Å². The number of carbonyl (C=O) groups is 1. The topological polar surface area (TPSA) is 90.0 Å². The number of aromatic nitrogens is 1. The molecule has 1 N–H and O–H groups in total. The van der Waals surface area contributed by atoms with E-state index in [1.807, 2.05) is 42.5 Å². The van der Waals surface area contributed by atoms with Crippen LogP contribution in [-0.4, -0.2) is 60.7 Å². The summed E-state index contributed by atoms with van der Waals surface area (Å²) in [6.07, 6.45) is 12.6. The van der Waals surface area contributed by atoms with Gasteiger partial charge in [0.15, 0.2) is 0 Å². The lowest BCUT2D eigenvalue weighted by atomic mass is 9.96. The highest BCUT2D eigenvalue weighted by Gasteiger charge is 2.24. The van der Waals surface area contributed by atoms with Crippen LogP contribution in [-0.2, 0) is 37.2 Å². The summed E-state index contributed by atoms with van der Waals surface area (Å²) < 4.78 is 30.7. The Morgan fingerprint density at radius 1 is 0.962 bits per heavy atom. The van der Waals surface area contributed by atoms with Gasteiger partial charge in [0.2, 0.25) is 0 Å². The van der Waals surface area contributed by atoms with Crippen molar-refractivity contribution in [3.05, 3.63) is 107 Å². The van der Waals surface area contributed by atoms with Crippen molar-refractivity contribution in [2.45, 2.75) is 75.5 Å². The number of benzene rings is 3. The van der Waals surface area contributed by atoms with Crippen molar-refractivity contribution in [1.82, 2.24) is 4.98 Å². The molecule has 0 bridgehead atoms. The zero-order valence-corrected chi connectivity index (χ0v) is 31.3. The van der Waals surface area contributed by atoms with E-state index in [0.717, 1.165) is 115 Å². The summed E-state index contributed by atoms with van der Waals surface area (Å²) in [6.45, 7) is 8.61. The number of hydrogen-bond acceptors (Lipinski definition) is 7. The first-order valence-corrected chi connectivity index (χ1v) is 20.1. The van der Waals surface area contributed by atoms with E-state index in [1.54, 1.807) is 12.4 Å². The Kier molecular flexibility index (Phi) is 13.7. The Bertz CT molecular complexity index is 1820. The predicted molar refractivity (Wildman–Crippen MR) is 210 cm³/mol. The van der Waals surface area contributed by atoms with Gasteiger partial charge in [-0.15, -0.1) is 0 Å². The Labute approximate surface area is 311 Å². The Morgan fingerprint density at radius 2 is 1.79 bits per heavy atom. The minimum Gasteiger partial charge on any atom is -0.491 e. The van der Waals surface area contributed by atoms with Crippen molar-refractivity contribution in [3.63, 3.8) is 0 Å². The molecule has 3 heterocycles. The van der Waals surface area contributed by atoms with Gasteiger partial charge in [-0.3, -0.25) is 14.0 Å². The SMILES string of the molecule is CCCCOCCOc1ccc(-c2ccc3c(c2)/C=C(/C(=O)Nc2ccc(S(=O)Cc4cnccc4CC)cc2)CCCN3CC2CCCO2)cc1. The number of ether oxygens (including phenoxy) is 3. The fourth-order valence-corrected chi connectivity index (χ4v) is 7.90. The Balaban J connectivity index is 1.17. The second kappa shape index (κ2) is 19.0. The molecule has 2 unspecified atom stereocenters. The van der Waals surface area contributed by atoms with Crippen LogP contribution in [0.5, 0.6) is 5.75 Å². The molecule has 2 atom stereocenters. The van der Waals surface area contributed by atoms with Gasteiger partial charge in [-0.1, -0.05) is 38.5 Å². The lowest BCUT2D eigenvalue weighted by Crippen LogP contribution is -2.34. The van der Waals surface area contributed by atoms with Crippen molar-refractivity contribution in [1.29, 1.82) is 0 Å². The van der Waals surface area contributed by atoms with Crippen LogP contribution < -0.4 is 15.0 Å². The van der Waals surface area contributed by atoms with Crippen LogP contribution in [0.1, 0.15) is 69.1 Å². The molecular formula is C43H51N3O5S. The normalized spacial score (nSPS) is 17.4. The summed E-state index contributed by atoms with van der Waals surface area (Å²) in [5.74, 6) is 1.10. The summed E-state index contributed by atoms with van der Waals surface area (Å²) >= 11 is 0. The average Bonchev–Trinajstić information content (AvgIpc) is 3.68. The molecule has 0 saturated carbocycles. The zero-order chi connectivity index (χ0) is 36.1. The van der Waals surface area contributed by atoms with E-state index < -0.39 is 10.8 Å². The van der Waals surface area contributed by atoms with Crippen molar-refractivity contribution >= 4 is 34.2 Å². The van der Waals surface area contributed by atoms with Crippen molar-refractivity contribution < 1.29 is 23.2 Å². The maximum atomic E-state index is 13.8. The smallest absolute Gasteiger partial charge is 0.251 e. The number of unbranched alkanes of at least 4 members (excludes halogenated alkanes) is 1. The minimum absolute atomic E-state index is 0.124. The van der Waals surface area contributed by atoms with Crippen LogP contribution in [0.3, 0.4) is 0 Å². The first-order valence-electron chi connectivity index (χ1n) is 18.7. The van der Waals surface area contributed by atoms with Gasteiger partial charge < -0.3 is 24.4 Å². The fourth-order valence-electron chi connectivity index (χ4n) is 6.75. The third-order valence-electron chi connectivity index (χ3n) is 9.69. The summed E-state index contributed by atoms with van der Waals surface area (Å²) in [5.41, 5.74) is 7.84. The van der Waals surface area contributed by atoms with E-state index >= 15 is 0 Å². The summed E-state index contributed by atoms with van der Waals surface area (Å²) in [6, 6.07) is 24.0. The van der Waals surface area contributed by atoms with Gasteiger partial charge in [0.05, 0.1) is 29.3 Å². The second-order valence-corrected chi connectivity index (χ2v) is 14.9. The number of pyridine rings is 1. The number of hydrogen-bond donors (Lipinski definition) is 1. The van der Waals surface area contributed by atoms with Gasteiger partial charge in [-0.2, -0.15) is 0 Å². The molecule has 8 nitrogen and oxygen atoms in total. The number of amides is 1. The molecule has 1 aromatic heterocycles. The highest BCUT2D eigenvalue weighted by atomic mass is 32.2. The van der Waals surface area contributed by atoms with Gasteiger partial charge in [0.1, 0.15) is 12.4 Å². The number of rotatable bonds is 16. The van der Waals surface area contributed by atoms with Crippen molar-refractivity contribution in [2.75, 3.05) is 49.7 Å². The van der Waals surface area contributed by atoms with E-state index in [1.165, 1.54) is 0 Å². The molecule has 0 spiro atoms. The lowest BCUT2D eigenvalue weighted by Gasteiger charge is -2.31. The van der Waals surface area contributed by atoms with Crippen LogP contribution in [0, 0.1) is 0 Å². The molecule has 3 aromatic carbocycles. The van der Waals surface area contributed by atoms with E-state index in [4.69, 9.17) is 14.2 Å². The van der Waals surface area contributed by atoms with Gasteiger partial charge in [0, 0.05) is 60.5 Å². The molecule has 0 aliphatic carbocycles. The summed E-state index contributed by atoms with van der Waals surface area (Å²) in [4.78, 5) is 21.1. The maximum absolute atomic E-state index is 13.8. The van der Waals surface area contributed by atoms with Crippen molar-refractivity contribution in [3.8, 4) is 16.9 Å². The number of carbonyl (C=O) groups excluding carboxylic acids is 1. The molecular weight excluding hydrogens is 671 g/mol. The van der Waals surface area contributed by atoms with E-state index in [2.05, 4.69) is 65.5 Å².